The summed E-state index contributed by atoms with van der Waals surface area (Å²) in [6, 6.07) is 2.95. The largest absolute Gasteiger partial charge is 0.504 e. The molecule has 0 unspecified atom stereocenters. The number of rotatable bonds is 5. The van der Waals surface area contributed by atoms with Crippen LogP contribution in [0.2, 0.25) is 0 Å². The van der Waals surface area contributed by atoms with Gasteiger partial charge in [0.15, 0.2) is 17.8 Å². The van der Waals surface area contributed by atoms with Crippen LogP contribution in [-0.2, 0) is 11.4 Å². The average Bonchev–Trinajstić information content (AvgIpc) is 2.26. The molecule has 0 saturated heterocycles. The van der Waals surface area contributed by atoms with Gasteiger partial charge in [0.2, 0.25) is 0 Å². The molecule has 0 saturated carbocycles. The molecule has 0 aliphatic rings. The van der Waals surface area contributed by atoms with Gasteiger partial charge in [-0.05, 0) is 17.7 Å². The lowest BCUT2D eigenvalue weighted by molar-refractivity contribution is 0.0863. The maximum atomic E-state index is 10.7. The second-order valence-corrected chi connectivity index (χ2v) is 2.87. The van der Waals surface area contributed by atoms with Crippen LogP contribution in [0.5, 0.6) is 11.5 Å². The van der Waals surface area contributed by atoms with Gasteiger partial charge in [0.25, 0.3) is 0 Å². The molecule has 0 spiro atoms. The van der Waals surface area contributed by atoms with Crippen LogP contribution in [0.4, 0.5) is 0 Å². The first kappa shape index (κ1) is 11.5. The lowest BCUT2D eigenvalue weighted by atomic mass is 10.1. The molecule has 0 aromatic heterocycles. The zero-order valence-electron chi connectivity index (χ0n) is 8.61. The summed E-state index contributed by atoms with van der Waals surface area (Å²) in [6.07, 6.45) is 0.672. The molecule has 82 valence electrons. The molecule has 0 fully saturated rings. The van der Waals surface area contributed by atoms with Crippen molar-refractivity contribution in [3.8, 4) is 11.5 Å². The number of hydroxylamine groups is 1. The lowest BCUT2D eigenvalue weighted by Crippen LogP contribution is -2.12. The first-order valence-electron chi connectivity index (χ1n) is 4.33. The summed E-state index contributed by atoms with van der Waals surface area (Å²) >= 11 is 0. The minimum absolute atomic E-state index is 0.0548. The minimum atomic E-state index is -0.0548. The molecule has 0 aliphatic carbocycles. The van der Waals surface area contributed by atoms with Crippen molar-refractivity contribution in [3.63, 3.8) is 0 Å². The number of hydrogen-bond acceptors (Lipinski definition) is 5. The second kappa shape index (κ2) is 5.33. The number of benzene rings is 1. The molecular weight excluding hydrogens is 198 g/mol. The Morgan fingerprint density at radius 3 is 2.73 bits per heavy atom. The first-order chi connectivity index (χ1) is 7.22. The van der Waals surface area contributed by atoms with E-state index in [1.165, 1.54) is 20.3 Å². The van der Waals surface area contributed by atoms with E-state index in [4.69, 9.17) is 4.74 Å². The van der Waals surface area contributed by atoms with E-state index in [1.807, 2.05) is 0 Å². The molecule has 0 aliphatic heterocycles. The number of phenolic OH excluding ortho intramolecular Hbond substituents is 1. The van der Waals surface area contributed by atoms with E-state index in [0.717, 1.165) is 0 Å². The van der Waals surface area contributed by atoms with Gasteiger partial charge in [-0.2, -0.15) is 5.48 Å². The minimum Gasteiger partial charge on any atom is -0.504 e. The Labute approximate surface area is 87.6 Å². The molecule has 2 N–H and O–H groups in total. The van der Waals surface area contributed by atoms with E-state index in [-0.39, 0.29) is 5.75 Å². The smallest absolute Gasteiger partial charge is 0.160 e. The van der Waals surface area contributed by atoms with Crippen LogP contribution in [-0.4, -0.2) is 25.6 Å². The van der Waals surface area contributed by atoms with Crippen LogP contribution in [0.25, 0.3) is 0 Å². The van der Waals surface area contributed by atoms with Crippen molar-refractivity contribution >= 4 is 6.29 Å². The molecule has 15 heavy (non-hydrogen) atoms. The summed E-state index contributed by atoms with van der Waals surface area (Å²) < 4.78 is 4.93. The fourth-order valence-electron chi connectivity index (χ4n) is 1.20. The number of carbonyl (C=O) groups is 1. The predicted octanol–water partition coefficient (Wildman–Crippen LogP) is 0.864. The van der Waals surface area contributed by atoms with E-state index >= 15 is 0 Å². The van der Waals surface area contributed by atoms with Crippen molar-refractivity contribution in [1.29, 1.82) is 0 Å². The van der Waals surface area contributed by atoms with E-state index in [9.17, 15) is 9.90 Å². The highest BCUT2D eigenvalue weighted by molar-refractivity contribution is 5.79. The van der Waals surface area contributed by atoms with E-state index < -0.39 is 0 Å². The highest BCUT2D eigenvalue weighted by atomic mass is 16.6. The zero-order chi connectivity index (χ0) is 11.3. The lowest BCUT2D eigenvalue weighted by Gasteiger charge is -2.09. The molecule has 0 radical (unpaired) electrons. The summed E-state index contributed by atoms with van der Waals surface area (Å²) in [4.78, 5) is 15.4. The van der Waals surface area contributed by atoms with E-state index in [1.54, 1.807) is 6.07 Å². The van der Waals surface area contributed by atoms with Crippen LogP contribution in [0.15, 0.2) is 12.1 Å². The molecule has 5 nitrogen and oxygen atoms in total. The SMILES string of the molecule is CONCc1cc(OC)c(O)cc1C=O. The van der Waals surface area contributed by atoms with Crippen molar-refractivity contribution in [2.24, 2.45) is 0 Å². The zero-order valence-corrected chi connectivity index (χ0v) is 8.61. The van der Waals surface area contributed by atoms with Crippen LogP contribution in [0, 0.1) is 0 Å². The molecule has 0 heterocycles. The Kier molecular flexibility index (Phi) is 4.08. The monoisotopic (exact) mass is 211 g/mol. The summed E-state index contributed by atoms with van der Waals surface area (Å²) in [5.74, 6) is 0.272. The van der Waals surface area contributed by atoms with Crippen molar-refractivity contribution < 1.29 is 19.5 Å². The molecule has 1 rings (SSSR count). The van der Waals surface area contributed by atoms with Crippen molar-refractivity contribution in [3.05, 3.63) is 23.3 Å². The molecule has 0 atom stereocenters. The topological polar surface area (TPSA) is 67.8 Å². The first-order valence-corrected chi connectivity index (χ1v) is 4.33. The molecule has 5 heteroatoms. The predicted molar refractivity (Wildman–Crippen MR) is 53.9 cm³/mol. The Morgan fingerprint density at radius 2 is 2.20 bits per heavy atom. The highest BCUT2D eigenvalue weighted by Gasteiger charge is 2.08. The standard InChI is InChI=1S/C10H13NO4/c1-14-10-4-7(5-11-15-2)8(6-12)3-9(10)13/h3-4,6,11,13H,5H2,1-2H3. The maximum absolute atomic E-state index is 10.7. The number of aldehydes is 1. The summed E-state index contributed by atoms with van der Waals surface area (Å²) in [5, 5.41) is 9.44. The molecule has 0 amide bonds. The third-order valence-corrected chi connectivity index (χ3v) is 1.97. The van der Waals surface area contributed by atoms with Gasteiger partial charge >= 0.3 is 0 Å². The van der Waals surface area contributed by atoms with Crippen molar-refractivity contribution in [2.45, 2.75) is 6.54 Å². The number of methoxy groups -OCH3 is 1. The van der Waals surface area contributed by atoms with E-state index in [0.29, 0.717) is 29.7 Å². The summed E-state index contributed by atoms with van der Waals surface area (Å²) in [6.45, 7) is 0.362. The van der Waals surface area contributed by atoms with Crippen LogP contribution in [0.3, 0.4) is 0 Å². The van der Waals surface area contributed by atoms with Gasteiger partial charge in [-0.1, -0.05) is 0 Å². The summed E-state index contributed by atoms with van der Waals surface area (Å²) in [5.41, 5.74) is 3.71. The van der Waals surface area contributed by atoms with Crippen LogP contribution >= 0.6 is 0 Å². The Hall–Kier alpha value is -1.59. The Bertz CT molecular complexity index is 352. The Balaban J connectivity index is 3.05. The van der Waals surface area contributed by atoms with Gasteiger partial charge < -0.3 is 14.7 Å². The Morgan fingerprint density at radius 1 is 1.47 bits per heavy atom. The second-order valence-electron chi connectivity index (χ2n) is 2.87. The van der Waals surface area contributed by atoms with Gasteiger partial charge in [0.05, 0.1) is 14.2 Å². The third kappa shape index (κ3) is 2.68. The molecule has 1 aromatic rings. The number of nitrogens with one attached hydrogen (secondary N) is 1. The fraction of sp³-hybridized carbons (Fsp3) is 0.300. The van der Waals surface area contributed by atoms with Crippen LogP contribution < -0.4 is 10.2 Å². The fourth-order valence-corrected chi connectivity index (χ4v) is 1.20. The normalized spacial score (nSPS) is 10.0. The maximum Gasteiger partial charge on any atom is 0.160 e. The number of phenols is 1. The molecule has 0 bridgehead atoms. The van der Waals surface area contributed by atoms with E-state index in [2.05, 4.69) is 10.3 Å². The highest BCUT2D eigenvalue weighted by Crippen LogP contribution is 2.28. The quantitative estimate of drug-likeness (QED) is 0.558. The van der Waals surface area contributed by atoms with Gasteiger partial charge in [0.1, 0.15) is 0 Å². The van der Waals surface area contributed by atoms with Gasteiger partial charge in [-0.3, -0.25) is 4.79 Å². The molecular formula is C10H13NO4. The van der Waals surface area contributed by atoms with Gasteiger partial charge in [-0.25, -0.2) is 0 Å². The third-order valence-electron chi connectivity index (χ3n) is 1.97. The van der Waals surface area contributed by atoms with Crippen molar-refractivity contribution in [2.75, 3.05) is 14.2 Å². The number of hydrogen-bond donors (Lipinski definition) is 2. The number of carbonyl (C=O) groups excluding carboxylic acids is 1. The van der Waals surface area contributed by atoms with Gasteiger partial charge in [0, 0.05) is 12.1 Å². The number of ether oxygens (including phenoxy) is 1. The summed E-state index contributed by atoms with van der Waals surface area (Å²) in [7, 11) is 2.93. The molecule has 1 aromatic carbocycles. The van der Waals surface area contributed by atoms with Gasteiger partial charge in [-0.15, -0.1) is 0 Å². The van der Waals surface area contributed by atoms with Crippen LogP contribution in [0.1, 0.15) is 15.9 Å². The van der Waals surface area contributed by atoms with Crippen molar-refractivity contribution in [1.82, 2.24) is 5.48 Å². The average molecular weight is 211 g/mol. The number of aromatic hydroxyl groups is 1.